The zero-order valence-electron chi connectivity index (χ0n) is 10.3. The maximum absolute atomic E-state index is 12.0. The van der Waals surface area contributed by atoms with E-state index in [0.29, 0.717) is 4.73 Å². The van der Waals surface area contributed by atoms with E-state index in [2.05, 4.69) is 4.99 Å². The number of hydrogen-bond donors (Lipinski definition) is 1. The van der Waals surface area contributed by atoms with Crippen molar-refractivity contribution in [2.75, 3.05) is 5.75 Å². The molecular weight excluding hydrogens is 284 g/mol. The molecule has 1 aromatic rings. The summed E-state index contributed by atoms with van der Waals surface area (Å²) in [6, 6.07) is 2.56. The first-order valence-corrected chi connectivity index (χ1v) is 7.40. The molecule has 0 aliphatic carbocycles. The Bertz CT molecular complexity index is 694. The summed E-state index contributed by atoms with van der Waals surface area (Å²) in [7, 11) is -3.85. The molecule has 2 rings (SSSR count). The van der Waals surface area contributed by atoms with Crippen LogP contribution < -0.4 is 4.73 Å². The summed E-state index contributed by atoms with van der Waals surface area (Å²) < 4.78 is 24.4. The van der Waals surface area contributed by atoms with Crippen LogP contribution in [0.15, 0.2) is 46.2 Å². The number of aromatic nitrogens is 1. The van der Waals surface area contributed by atoms with Crippen LogP contribution in [0.3, 0.4) is 0 Å². The summed E-state index contributed by atoms with van der Waals surface area (Å²) in [5.74, 6) is -0.892. The van der Waals surface area contributed by atoms with Crippen molar-refractivity contribution >= 4 is 21.8 Å². The Morgan fingerprint density at radius 3 is 2.90 bits per heavy atom. The quantitative estimate of drug-likeness (QED) is 0.588. The molecule has 1 aliphatic rings. The van der Waals surface area contributed by atoms with Gasteiger partial charge in [0.05, 0.1) is 11.4 Å². The average Bonchev–Trinajstić information content (AvgIpc) is 2.38. The molecule has 1 N–H and O–H groups in total. The molecule has 0 amide bonds. The zero-order valence-corrected chi connectivity index (χ0v) is 11.2. The van der Waals surface area contributed by atoms with Gasteiger partial charge in [0, 0.05) is 24.8 Å². The van der Waals surface area contributed by atoms with Gasteiger partial charge in [0.15, 0.2) is 28.0 Å². The lowest BCUT2D eigenvalue weighted by atomic mass is 10.1. The smallest absolute Gasteiger partial charge is 0.199 e. The fraction of sp³-hybridized carbons (Fsp3) is 0.250. The highest BCUT2D eigenvalue weighted by Crippen LogP contribution is 2.15. The van der Waals surface area contributed by atoms with Crippen LogP contribution in [0.1, 0.15) is 6.42 Å². The van der Waals surface area contributed by atoms with Gasteiger partial charge in [0.1, 0.15) is 11.0 Å². The molecule has 2 heterocycles. The number of nitrogens with zero attached hydrogens (tertiary/aromatic N) is 2. The molecule has 0 spiro atoms. The van der Waals surface area contributed by atoms with E-state index < -0.39 is 21.7 Å². The highest BCUT2D eigenvalue weighted by Gasteiger charge is 2.25. The van der Waals surface area contributed by atoms with Crippen LogP contribution >= 0.6 is 0 Å². The Kier molecular flexibility index (Phi) is 3.96. The van der Waals surface area contributed by atoms with Gasteiger partial charge >= 0.3 is 0 Å². The molecule has 0 aromatic carbocycles. The van der Waals surface area contributed by atoms with Crippen LogP contribution in [-0.2, 0) is 14.6 Å². The van der Waals surface area contributed by atoms with Crippen molar-refractivity contribution in [2.24, 2.45) is 4.99 Å². The molecule has 7 nitrogen and oxygen atoms in total. The van der Waals surface area contributed by atoms with Crippen LogP contribution in [0.5, 0.6) is 0 Å². The second-order valence-electron chi connectivity index (χ2n) is 4.25. The Labute approximate surface area is 115 Å². The van der Waals surface area contributed by atoms with Gasteiger partial charge in [-0.05, 0) is 6.07 Å². The molecule has 1 atom stereocenters. The number of carbonyl (C=O) groups excluding carboxylic acids is 1. The lowest BCUT2D eigenvalue weighted by Crippen LogP contribution is -2.28. The van der Waals surface area contributed by atoms with Crippen LogP contribution in [0, 0.1) is 5.21 Å². The van der Waals surface area contributed by atoms with Crippen LogP contribution in [0.4, 0.5) is 0 Å². The van der Waals surface area contributed by atoms with E-state index in [9.17, 15) is 23.5 Å². The standard InChI is InChI=1S/C12H12N2O5S/c15-9-3-4-13-11(6-9)12(16)8-20(18,19)10-2-1-5-14(17)7-10/h1-2,4-7,12,16H,3,8H2. The monoisotopic (exact) mass is 296 g/mol. The van der Waals surface area contributed by atoms with Crippen molar-refractivity contribution in [2.45, 2.75) is 17.4 Å². The lowest BCUT2D eigenvalue weighted by molar-refractivity contribution is -0.607. The second kappa shape index (κ2) is 5.51. The SMILES string of the molecule is O=C1C=C(C(O)CS(=O)(=O)c2ccc[n+]([O-])c2)N=CC1. The van der Waals surface area contributed by atoms with Gasteiger partial charge in [-0.2, -0.15) is 4.73 Å². The van der Waals surface area contributed by atoms with E-state index in [1.165, 1.54) is 18.3 Å². The van der Waals surface area contributed by atoms with Crippen LogP contribution in [0.2, 0.25) is 0 Å². The number of ketones is 1. The third-order valence-corrected chi connectivity index (χ3v) is 4.38. The molecule has 0 bridgehead atoms. The zero-order chi connectivity index (χ0) is 14.8. The van der Waals surface area contributed by atoms with Gasteiger partial charge in [-0.3, -0.25) is 9.79 Å². The second-order valence-corrected chi connectivity index (χ2v) is 6.28. The third-order valence-electron chi connectivity index (χ3n) is 2.67. The summed E-state index contributed by atoms with van der Waals surface area (Å²) in [6.07, 6.45) is 3.23. The molecule has 0 saturated carbocycles. The molecule has 1 aliphatic heterocycles. The average molecular weight is 296 g/mol. The number of aliphatic hydroxyl groups excluding tert-OH is 1. The largest absolute Gasteiger partial charge is 0.619 e. The number of carbonyl (C=O) groups is 1. The first-order valence-electron chi connectivity index (χ1n) is 5.75. The van der Waals surface area contributed by atoms with Gasteiger partial charge in [0.2, 0.25) is 0 Å². The van der Waals surface area contributed by atoms with E-state index in [-0.39, 0.29) is 22.8 Å². The minimum atomic E-state index is -3.85. The van der Waals surface area contributed by atoms with Gasteiger partial charge in [-0.25, -0.2) is 8.42 Å². The van der Waals surface area contributed by atoms with Crippen molar-refractivity contribution in [1.29, 1.82) is 0 Å². The van der Waals surface area contributed by atoms with Crippen LogP contribution in [0.25, 0.3) is 0 Å². The highest BCUT2D eigenvalue weighted by atomic mass is 32.2. The molecule has 0 saturated heterocycles. The normalized spacial score (nSPS) is 16.9. The van der Waals surface area contributed by atoms with E-state index >= 15 is 0 Å². The number of aliphatic imine (C=N–C) groups is 1. The number of hydrogen-bond acceptors (Lipinski definition) is 6. The lowest BCUT2D eigenvalue weighted by Gasteiger charge is -2.13. The van der Waals surface area contributed by atoms with E-state index in [1.807, 2.05) is 0 Å². The topological polar surface area (TPSA) is 111 Å². The number of aliphatic hydroxyl groups is 1. The fourth-order valence-corrected chi connectivity index (χ4v) is 3.02. The number of sulfone groups is 1. The fourth-order valence-electron chi connectivity index (χ4n) is 1.69. The molecule has 106 valence electrons. The molecule has 0 fully saturated rings. The summed E-state index contributed by atoms with van der Waals surface area (Å²) in [5, 5.41) is 20.9. The van der Waals surface area contributed by atoms with Crippen molar-refractivity contribution < 1.29 is 23.0 Å². The third kappa shape index (κ3) is 3.28. The first kappa shape index (κ1) is 14.4. The van der Waals surface area contributed by atoms with E-state index in [1.54, 1.807) is 0 Å². The maximum Gasteiger partial charge on any atom is 0.199 e. The summed E-state index contributed by atoms with van der Waals surface area (Å²) in [6.45, 7) is 0. The Morgan fingerprint density at radius 2 is 2.25 bits per heavy atom. The number of rotatable bonds is 4. The summed E-state index contributed by atoms with van der Waals surface area (Å²) in [4.78, 5) is 14.8. The molecule has 1 unspecified atom stereocenters. The number of pyridine rings is 1. The summed E-state index contributed by atoms with van der Waals surface area (Å²) >= 11 is 0. The molecule has 20 heavy (non-hydrogen) atoms. The first-order chi connectivity index (χ1) is 9.38. The Morgan fingerprint density at radius 1 is 1.50 bits per heavy atom. The van der Waals surface area contributed by atoms with Crippen molar-refractivity contribution in [1.82, 2.24) is 0 Å². The maximum atomic E-state index is 12.0. The predicted molar refractivity (Wildman–Crippen MR) is 69.7 cm³/mol. The van der Waals surface area contributed by atoms with E-state index in [0.717, 1.165) is 18.5 Å². The predicted octanol–water partition coefficient (Wildman–Crippen LogP) is -0.618. The Hall–Kier alpha value is -2.06. The molecule has 1 aromatic heterocycles. The molecule has 0 radical (unpaired) electrons. The minimum absolute atomic E-state index is 0.00996. The Balaban J connectivity index is 2.20. The molecular formula is C12H12N2O5S. The van der Waals surface area contributed by atoms with Crippen molar-refractivity contribution in [3.8, 4) is 0 Å². The van der Waals surface area contributed by atoms with Gasteiger partial charge < -0.3 is 10.3 Å². The van der Waals surface area contributed by atoms with Crippen LogP contribution in [-0.4, -0.2) is 37.4 Å². The molecule has 8 heteroatoms. The highest BCUT2D eigenvalue weighted by molar-refractivity contribution is 7.91. The number of allylic oxidation sites excluding steroid dienone is 1. The van der Waals surface area contributed by atoms with Gasteiger partial charge in [-0.15, -0.1) is 0 Å². The minimum Gasteiger partial charge on any atom is -0.619 e. The van der Waals surface area contributed by atoms with E-state index in [4.69, 9.17) is 0 Å². The van der Waals surface area contributed by atoms with Gasteiger partial charge in [0.25, 0.3) is 0 Å². The van der Waals surface area contributed by atoms with Gasteiger partial charge in [-0.1, -0.05) is 0 Å². The summed E-state index contributed by atoms with van der Waals surface area (Å²) in [5.41, 5.74) is 0.00996. The van der Waals surface area contributed by atoms with Crippen molar-refractivity contribution in [3.05, 3.63) is 41.5 Å². The van der Waals surface area contributed by atoms with Crippen molar-refractivity contribution in [3.63, 3.8) is 0 Å².